The summed E-state index contributed by atoms with van der Waals surface area (Å²) in [5.74, 6) is -0.213. The fourth-order valence-corrected chi connectivity index (χ4v) is 2.60. The summed E-state index contributed by atoms with van der Waals surface area (Å²) in [5.41, 5.74) is 2.43. The van der Waals surface area contributed by atoms with Crippen LogP contribution in [0.5, 0.6) is 0 Å². The van der Waals surface area contributed by atoms with E-state index in [1.807, 2.05) is 0 Å². The summed E-state index contributed by atoms with van der Waals surface area (Å²) >= 11 is 0. The number of rotatable bonds is 4. The predicted octanol–water partition coefficient (Wildman–Crippen LogP) is 1.87. The number of fused-ring (bicyclic) bond motifs is 1. The molecule has 3 rings (SSSR count). The highest BCUT2D eigenvalue weighted by atomic mass is 16.2. The first-order chi connectivity index (χ1) is 10.2. The van der Waals surface area contributed by atoms with Crippen LogP contribution in [-0.2, 0) is 0 Å². The van der Waals surface area contributed by atoms with Crippen molar-refractivity contribution in [3.8, 4) is 0 Å². The molecular formula is C15H18N4O2. The van der Waals surface area contributed by atoms with Gasteiger partial charge in [-0.25, -0.2) is 9.78 Å². The average Bonchev–Trinajstić information content (AvgIpc) is 2.87. The van der Waals surface area contributed by atoms with Gasteiger partial charge in [0, 0.05) is 6.54 Å². The van der Waals surface area contributed by atoms with E-state index >= 15 is 0 Å². The number of allylic oxidation sites excluding steroid dienone is 1. The number of amides is 1. The van der Waals surface area contributed by atoms with Crippen molar-refractivity contribution in [3.05, 3.63) is 40.0 Å². The monoisotopic (exact) mass is 286 g/mol. The lowest BCUT2D eigenvalue weighted by Crippen LogP contribution is -2.25. The lowest BCUT2D eigenvalue weighted by Gasteiger charge is -2.12. The van der Waals surface area contributed by atoms with Crippen molar-refractivity contribution in [2.75, 3.05) is 6.54 Å². The van der Waals surface area contributed by atoms with Crippen LogP contribution in [0.3, 0.4) is 0 Å². The van der Waals surface area contributed by atoms with E-state index < -0.39 is 0 Å². The first-order valence-electron chi connectivity index (χ1n) is 7.27. The van der Waals surface area contributed by atoms with E-state index in [1.165, 1.54) is 18.4 Å². The summed E-state index contributed by atoms with van der Waals surface area (Å²) in [7, 11) is 0. The lowest BCUT2D eigenvalue weighted by atomic mass is 9.97. The quantitative estimate of drug-likeness (QED) is 0.749. The molecule has 0 radical (unpaired) electrons. The number of nitrogens with one attached hydrogen (secondary N) is 3. The number of aromatic amines is 2. The summed E-state index contributed by atoms with van der Waals surface area (Å²) < 4.78 is 0. The number of carbonyl (C=O) groups excluding carboxylic acids is 1. The molecule has 0 unspecified atom stereocenters. The van der Waals surface area contributed by atoms with Gasteiger partial charge in [-0.1, -0.05) is 11.6 Å². The Balaban J connectivity index is 1.61. The van der Waals surface area contributed by atoms with Gasteiger partial charge in [-0.15, -0.1) is 0 Å². The maximum atomic E-state index is 12.0. The molecule has 2 aromatic heterocycles. The van der Waals surface area contributed by atoms with Gasteiger partial charge in [-0.3, -0.25) is 9.78 Å². The van der Waals surface area contributed by atoms with Crippen molar-refractivity contribution in [2.24, 2.45) is 0 Å². The fourth-order valence-electron chi connectivity index (χ4n) is 2.60. The van der Waals surface area contributed by atoms with Crippen LogP contribution in [0.25, 0.3) is 11.2 Å². The SMILES string of the molecule is O=C(NCCC1=CCCCC1)c1ccc2[nH]c(=O)[nH]c2n1. The number of hydrogen-bond acceptors (Lipinski definition) is 3. The zero-order chi connectivity index (χ0) is 14.7. The standard InChI is InChI=1S/C15H18N4O2/c20-14(16-9-8-10-4-2-1-3-5-10)12-7-6-11-13(17-12)19-15(21)18-11/h4,6-7H,1-3,5,8-9H2,(H,16,20)(H2,17,18,19,21). The minimum Gasteiger partial charge on any atom is -0.350 e. The molecule has 0 saturated heterocycles. The van der Waals surface area contributed by atoms with Crippen LogP contribution in [0.2, 0.25) is 0 Å². The molecule has 110 valence electrons. The van der Waals surface area contributed by atoms with E-state index in [9.17, 15) is 9.59 Å². The van der Waals surface area contributed by atoms with Crippen molar-refractivity contribution in [2.45, 2.75) is 32.1 Å². The summed E-state index contributed by atoms with van der Waals surface area (Å²) in [5, 5.41) is 2.87. The second-order valence-electron chi connectivity index (χ2n) is 5.29. The smallest absolute Gasteiger partial charge is 0.325 e. The molecule has 0 fully saturated rings. The van der Waals surface area contributed by atoms with E-state index in [-0.39, 0.29) is 11.6 Å². The minimum absolute atomic E-state index is 0.213. The maximum Gasteiger partial charge on any atom is 0.325 e. The van der Waals surface area contributed by atoms with E-state index in [1.54, 1.807) is 12.1 Å². The molecule has 0 aromatic carbocycles. The van der Waals surface area contributed by atoms with Gasteiger partial charge >= 0.3 is 5.69 Å². The molecular weight excluding hydrogens is 268 g/mol. The Morgan fingerprint density at radius 3 is 3.00 bits per heavy atom. The third-order valence-corrected chi connectivity index (χ3v) is 3.72. The van der Waals surface area contributed by atoms with Gasteiger partial charge in [0.15, 0.2) is 5.65 Å². The van der Waals surface area contributed by atoms with Crippen molar-refractivity contribution < 1.29 is 4.79 Å². The van der Waals surface area contributed by atoms with E-state index in [2.05, 4.69) is 26.3 Å². The number of aromatic nitrogens is 3. The van der Waals surface area contributed by atoms with E-state index in [0.29, 0.717) is 23.4 Å². The van der Waals surface area contributed by atoms with Gasteiger partial charge in [-0.2, -0.15) is 0 Å². The Morgan fingerprint density at radius 2 is 2.19 bits per heavy atom. The van der Waals surface area contributed by atoms with Gasteiger partial charge in [0.05, 0.1) is 5.52 Å². The Hall–Kier alpha value is -2.37. The van der Waals surface area contributed by atoms with Gasteiger partial charge in [0.1, 0.15) is 5.69 Å². The molecule has 1 aliphatic carbocycles. The molecule has 21 heavy (non-hydrogen) atoms. The fraction of sp³-hybridized carbons (Fsp3) is 0.400. The molecule has 1 aliphatic rings. The van der Waals surface area contributed by atoms with Gasteiger partial charge in [0.25, 0.3) is 5.91 Å². The molecule has 0 bridgehead atoms. The van der Waals surface area contributed by atoms with Crippen LogP contribution >= 0.6 is 0 Å². The highest BCUT2D eigenvalue weighted by molar-refractivity contribution is 5.93. The Labute approximate surface area is 121 Å². The molecule has 2 heterocycles. The number of imidazole rings is 1. The van der Waals surface area contributed by atoms with E-state index in [0.717, 1.165) is 19.3 Å². The molecule has 2 aromatic rings. The minimum atomic E-state index is -0.320. The summed E-state index contributed by atoms with van der Waals surface area (Å²) in [6.07, 6.45) is 8.00. The molecule has 6 heteroatoms. The number of hydrogen-bond donors (Lipinski definition) is 3. The molecule has 3 N–H and O–H groups in total. The number of carbonyl (C=O) groups is 1. The highest BCUT2D eigenvalue weighted by Crippen LogP contribution is 2.19. The van der Waals surface area contributed by atoms with Crippen LogP contribution in [0, 0.1) is 0 Å². The first-order valence-corrected chi connectivity index (χ1v) is 7.27. The van der Waals surface area contributed by atoms with E-state index in [4.69, 9.17) is 0 Å². The second-order valence-corrected chi connectivity index (χ2v) is 5.29. The Bertz CT molecular complexity index is 741. The summed E-state index contributed by atoms with van der Waals surface area (Å²) in [4.78, 5) is 32.5. The zero-order valence-corrected chi connectivity index (χ0v) is 11.7. The largest absolute Gasteiger partial charge is 0.350 e. The van der Waals surface area contributed by atoms with Crippen LogP contribution in [0.4, 0.5) is 0 Å². The summed E-state index contributed by atoms with van der Waals surface area (Å²) in [6.45, 7) is 0.619. The van der Waals surface area contributed by atoms with Crippen LogP contribution in [-0.4, -0.2) is 27.4 Å². The Kier molecular flexibility index (Phi) is 3.85. The van der Waals surface area contributed by atoms with Crippen molar-refractivity contribution in [1.82, 2.24) is 20.3 Å². The topological polar surface area (TPSA) is 90.6 Å². The van der Waals surface area contributed by atoms with Gasteiger partial charge in [0.2, 0.25) is 0 Å². The maximum absolute atomic E-state index is 12.0. The summed E-state index contributed by atoms with van der Waals surface area (Å²) in [6, 6.07) is 3.29. The predicted molar refractivity (Wildman–Crippen MR) is 80.2 cm³/mol. The first kappa shape index (κ1) is 13.6. The molecule has 0 aliphatic heterocycles. The molecule has 0 spiro atoms. The lowest BCUT2D eigenvalue weighted by molar-refractivity contribution is 0.0949. The normalized spacial score (nSPS) is 15.0. The molecule has 0 atom stereocenters. The number of pyridine rings is 1. The zero-order valence-electron chi connectivity index (χ0n) is 11.7. The van der Waals surface area contributed by atoms with Crippen molar-refractivity contribution in [1.29, 1.82) is 0 Å². The van der Waals surface area contributed by atoms with Gasteiger partial charge < -0.3 is 10.3 Å². The Morgan fingerprint density at radius 1 is 1.29 bits per heavy atom. The average molecular weight is 286 g/mol. The van der Waals surface area contributed by atoms with Crippen LogP contribution < -0.4 is 11.0 Å². The number of nitrogens with zero attached hydrogens (tertiary/aromatic N) is 1. The van der Waals surface area contributed by atoms with Gasteiger partial charge in [-0.05, 0) is 44.2 Å². The third-order valence-electron chi connectivity index (χ3n) is 3.72. The van der Waals surface area contributed by atoms with Crippen LogP contribution in [0.15, 0.2) is 28.6 Å². The van der Waals surface area contributed by atoms with Crippen LogP contribution in [0.1, 0.15) is 42.6 Å². The number of H-pyrrole nitrogens is 2. The molecule has 6 nitrogen and oxygen atoms in total. The molecule has 1 amide bonds. The highest BCUT2D eigenvalue weighted by Gasteiger charge is 2.10. The van der Waals surface area contributed by atoms with Crippen molar-refractivity contribution >= 4 is 17.1 Å². The third kappa shape index (κ3) is 3.21. The van der Waals surface area contributed by atoms with Crippen molar-refractivity contribution in [3.63, 3.8) is 0 Å². The molecule has 0 saturated carbocycles. The second kappa shape index (κ2) is 5.95.